The van der Waals surface area contributed by atoms with Crippen LogP contribution in [0.2, 0.25) is 0 Å². The number of ketones is 1. The van der Waals surface area contributed by atoms with E-state index in [1.807, 2.05) is 34.6 Å². The topological polar surface area (TPSA) is 37.3 Å². The Labute approximate surface area is 123 Å². The third-order valence-electron chi connectivity index (χ3n) is 2.05. The molecule has 1 rings (SSSR count). The molecular weight excluding hydrogens is 248 g/mol. The van der Waals surface area contributed by atoms with Crippen molar-refractivity contribution in [1.82, 2.24) is 0 Å². The van der Waals surface area contributed by atoms with Crippen LogP contribution < -0.4 is 0 Å². The summed E-state index contributed by atoms with van der Waals surface area (Å²) in [5, 5.41) is 9.57. The van der Waals surface area contributed by atoms with E-state index in [1.165, 1.54) is 6.07 Å². The number of allylic oxidation sites excluding steroid dienone is 5. The second-order valence-corrected chi connectivity index (χ2v) is 3.20. The van der Waals surface area contributed by atoms with Crippen LogP contribution in [0, 0.1) is 0 Å². The summed E-state index contributed by atoms with van der Waals surface area (Å²) in [7, 11) is 0. The minimum atomic E-state index is -0.212. The number of phenolic OH excluding ortho intramolecular Hbond substituents is 1. The van der Waals surface area contributed by atoms with Gasteiger partial charge >= 0.3 is 0 Å². The number of hydrogen-bond acceptors (Lipinski definition) is 2. The van der Waals surface area contributed by atoms with Crippen molar-refractivity contribution < 1.29 is 9.90 Å². The molecule has 0 aliphatic carbocycles. The lowest BCUT2D eigenvalue weighted by atomic mass is 10.0. The van der Waals surface area contributed by atoms with Crippen molar-refractivity contribution in [3.8, 4) is 5.75 Å². The van der Waals surface area contributed by atoms with E-state index in [4.69, 9.17) is 0 Å². The largest absolute Gasteiger partial charge is 0.507 e. The lowest BCUT2D eigenvalue weighted by Crippen LogP contribution is -2.01. The normalized spacial score (nSPS) is 9.95. The molecule has 0 heterocycles. The quantitative estimate of drug-likeness (QED) is 0.458. The van der Waals surface area contributed by atoms with Crippen molar-refractivity contribution in [3.05, 3.63) is 66.3 Å². The van der Waals surface area contributed by atoms with Gasteiger partial charge in [-0.05, 0) is 19.1 Å². The van der Waals surface area contributed by atoms with Crippen LogP contribution in [0.25, 0.3) is 0 Å². The van der Waals surface area contributed by atoms with Crippen molar-refractivity contribution in [1.29, 1.82) is 0 Å². The Morgan fingerprint density at radius 3 is 2.15 bits per heavy atom. The van der Waals surface area contributed by atoms with Crippen LogP contribution in [0.15, 0.2) is 60.7 Å². The van der Waals surface area contributed by atoms with Crippen LogP contribution >= 0.6 is 0 Å². The number of Topliss-reactive ketones (excluding diaryl/α,β-unsaturated/α-hetero) is 1. The van der Waals surface area contributed by atoms with Gasteiger partial charge in [-0.2, -0.15) is 0 Å². The molecule has 0 aliphatic rings. The summed E-state index contributed by atoms with van der Waals surface area (Å²) < 4.78 is 0. The number of carbonyl (C=O) groups is 1. The Hall–Kier alpha value is -2.09. The van der Waals surface area contributed by atoms with Crippen LogP contribution in [0.3, 0.4) is 0 Å². The van der Waals surface area contributed by atoms with E-state index in [-0.39, 0.29) is 11.5 Å². The van der Waals surface area contributed by atoms with Crippen LogP contribution in [-0.4, -0.2) is 10.9 Å². The first-order valence-corrected chi connectivity index (χ1v) is 6.98. The van der Waals surface area contributed by atoms with Gasteiger partial charge in [-0.15, -0.1) is 0 Å². The molecule has 1 aromatic carbocycles. The number of rotatable bonds is 4. The summed E-state index contributed by atoms with van der Waals surface area (Å²) in [5.41, 5.74) is 0.799. The van der Waals surface area contributed by atoms with E-state index in [0.717, 1.165) is 0 Å². The fourth-order valence-electron chi connectivity index (χ4n) is 1.33. The number of aromatic hydroxyl groups is 1. The maximum Gasteiger partial charge on any atom is 0.196 e. The van der Waals surface area contributed by atoms with Gasteiger partial charge in [0.1, 0.15) is 5.75 Å². The fraction of sp³-hybridized carbons (Fsp3) is 0.278. The number of para-hydroxylation sites is 1. The summed E-state index contributed by atoms with van der Waals surface area (Å²) in [6.07, 6.45) is 6.63. The fourth-order valence-corrected chi connectivity index (χ4v) is 1.33. The first-order valence-electron chi connectivity index (χ1n) is 6.98. The molecule has 0 unspecified atom stereocenters. The Morgan fingerprint density at radius 1 is 1.15 bits per heavy atom. The molecule has 0 atom stereocenters. The maximum atomic E-state index is 12.0. The molecule has 0 saturated carbocycles. The maximum absolute atomic E-state index is 12.0. The third kappa shape index (κ3) is 6.74. The molecule has 110 valence electrons. The third-order valence-corrected chi connectivity index (χ3v) is 2.05. The van der Waals surface area contributed by atoms with E-state index in [9.17, 15) is 9.90 Å². The van der Waals surface area contributed by atoms with Gasteiger partial charge in [-0.1, -0.05) is 70.7 Å². The summed E-state index contributed by atoms with van der Waals surface area (Å²) >= 11 is 0. The second kappa shape index (κ2) is 13.3. The van der Waals surface area contributed by atoms with Gasteiger partial charge in [0.05, 0.1) is 5.56 Å². The monoisotopic (exact) mass is 274 g/mol. The van der Waals surface area contributed by atoms with Gasteiger partial charge in [0.15, 0.2) is 5.78 Å². The minimum Gasteiger partial charge on any atom is -0.507 e. The molecule has 0 bridgehead atoms. The lowest BCUT2D eigenvalue weighted by molar-refractivity contribution is 0.103. The van der Waals surface area contributed by atoms with Crippen LogP contribution in [-0.2, 0) is 0 Å². The number of hydrogen-bond donors (Lipinski definition) is 1. The van der Waals surface area contributed by atoms with Crippen LogP contribution in [0.5, 0.6) is 5.75 Å². The van der Waals surface area contributed by atoms with Crippen LogP contribution in [0.1, 0.15) is 45.0 Å². The van der Waals surface area contributed by atoms with E-state index in [1.54, 1.807) is 42.5 Å². The van der Waals surface area contributed by atoms with E-state index in [0.29, 0.717) is 11.1 Å². The standard InChI is InChI=1S/C14H14O2.2C2H6/c1-3-7-11(8-4-2)14(16)12-9-5-6-10-13(12)15;2*1-2/h3-10,15H,1H2,2H3;2*1-2H3/b8-4-,11-7+;;. The zero-order valence-corrected chi connectivity index (χ0v) is 13.2. The zero-order chi connectivity index (χ0) is 16.0. The highest BCUT2D eigenvalue weighted by atomic mass is 16.3. The molecule has 1 N–H and O–H groups in total. The molecule has 0 saturated heterocycles. The number of carbonyl (C=O) groups excluding carboxylic acids is 1. The van der Waals surface area contributed by atoms with E-state index < -0.39 is 0 Å². The van der Waals surface area contributed by atoms with Gasteiger partial charge in [0, 0.05) is 5.57 Å². The molecular formula is C18H26O2. The smallest absolute Gasteiger partial charge is 0.196 e. The van der Waals surface area contributed by atoms with Gasteiger partial charge < -0.3 is 5.11 Å². The molecule has 0 radical (unpaired) electrons. The SMILES string of the molecule is C=C/C=C(\C=C/C)C(=O)c1ccccc1O.CC.CC. The van der Waals surface area contributed by atoms with Gasteiger partial charge in [-0.25, -0.2) is 0 Å². The number of benzene rings is 1. The Morgan fingerprint density at radius 2 is 1.70 bits per heavy atom. The summed E-state index contributed by atoms with van der Waals surface area (Å²) in [6, 6.07) is 6.49. The Balaban J connectivity index is 0. The highest BCUT2D eigenvalue weighted by molar-refractivity contribution is 6.12. The Bertz CT molecular complexity index is 454. The van der Waals surface area contributed by atoms with Gasteiger partial charge in [0.2, 0.25) is 0 Å². The number of phenols is 1. The van der Waals surface area contributed by atoms with Crippen molar-refractivity contribution >= 4 is 5.78 Å². The molecule has 0 fully saturated rings. The average Bonchev–Trinajstić information content (AvgIpc) is 2.51. The minimum absolute atomic E-state index is 0.00744. The van der Waals surface area contributed by atoms with Crippen molar-refractivity contribution in [2.75, 3.05) is 0 Å². The van der Waals surface area contributed by atoms with Gasteiger partial charge in [0.25, 0.3) is 0 Å². The predicted octanol–water partition coefficient (Wildman–Crippen LogP) is 5.32. The van der Waals surface area contributed by atoms with E-state index >= 15 is 0 Å². The molecule has 0 aliphatic heterocycles. The summed E-state index contributed by atoms with van der Waals surface area (Å²) in [4.78, 5) is 12.0. The van der Waals surface area contributed by atoms with Crippen molar-refractivity contribution in [2.24, 2.45) is 0 Å². The van der Waals surface area contributed by atoms with Crippen molar-refractivity contribution in [2.45, 2.75) is 34.6 Å². The second-order valence-electron chi connectivity index (χ2n) is 3.20. The zero-order valence-electron chi connectivity index (χ0n) is 13.2. The van der Waals surface area contributed by atoms with Crippen LogP contribution in [0.4, 0.5) is 0 Å². The lowest BCUT2D eigenvalue weighted by Gasteiger charge is -2.03. The highest BCUT2D eigenvalue weighted by Crippen LogP contribution is 2.20. The molecule has 2 nitrogen and oxygen atoms in total. The molecule has 20 heavy (non-hydrogen) atoms. The highest BCUT2D eigenvalue weighted by Gasteiger charge is 2.12. The molecule has 0 spiro atoms. The van der Waals surface area contributed by atoms with E-state index in [2.05, 4.69) is 6.58 Å². The molecule has 1 aromatic rings. The molecule has 0 aromatic heterocycles. The first kappa shape index (κ1) is 20.2. The molecule has 0 amide bonds. The summed E-state index contributed by atoms with van der Waals surface area (Å²) in [6.45, 7) is 13.4. The van der Waals surface area contributed by atoms with Gasteiger partial charge in [-0.3, -0.25) is 4.79 Å². The van der Waals surface area contributed by atoms with Crippen molar-refractivity contribution in [3.63, 3.8) is 0 Å². The average molecular weight is 274 g/mol. The predicted molar refractivity (Wildman–Crippen MR) is 88.2 cm³/mol. The first-order chi connectivity index (χ1) is 9.70. The summed E-state index contributed by atoms with van der Waals surface area (Å²) in [5.74, 6) is -0.219. The Kier molecular flexibility index (Phi) is 13.5. The molecule has 2 heteroatoms.